The Labute approximate surface area is 103 Å². The predicted molar refractivity (Wildman–Crippen MR) is 73.4 cm³/mol. The van der Waals surface area contributed by atoms with Crippen LogP contribution in [0.4, 0.5) is 0 Å². The van der Waals surface area contributed by atoms with Crippen LogP contribution in [0, 0.1) is 0 Å². The minimum absolute atomic E-state index is 0.466. The van der Waals surface area contributed by atoms with Crippen molar-refractivity contribution in [1.29, 1.82) is 0 Å². The molecule has 0 heterocycles. The highest BCUT2D eigenvalue weighted by atomic mass is 33.1. The maximum absolute atomic E-state index is 12.1. The van der Waals surface area contributed by atoms with Gasteiger partial charge in [0.1, 0.15) is 0 Å². The van der Waals surface area contributed by atoms with Gasteiger partial charge in [-0.2, -0.15) is 0 Å². The number of hydrogen-bond acceptors (Lipinski definition) is 5. The molecule has 0 saturated carbocycles. The minimum atomic E-state index is -2.59. The largest absolute Gasteiger partial charge is 0.314 e. The topological polar surface area (TPSA) is 43.4 Å². The molecule has 0 aromatic rings. The highest BCUT2D eigenvalue weighted by molar-refractivity contribution is 8.89. The third-order valence-corrected chi connectivity index (χ3v) is 10.6. The molecule has 3 nitrogen and oxygen atoms in total. The van der Waals surface area contributed by atoms with Gasteiger partial charge in [-0.25, -0.2) is 0 Å². The van der Waals surface area contributed by atoms with Crippen LogP contribution in [0.25, 0.3) is 0 Å². The Balaban J connectivity index is 3.96. The second-order valence-electron chi connectivity index (χ2n) is 2.55. The van der Waals surface area contributed by atoms with Gasteiger partial charge < -0.3 is 4.52 Å². The van der Waals surface area contributed by atoms with E-state index in [9.17, 15) is 8.77 Å². The van der Waals surface area contributed by atoms with E-state index in [1.165, 1.54) is 22.8 Å². The fraction of sp³-hybridized carbons (Fsp3) is 1.00. The highest BCUT2D eigenvalue weighted by Crippen LogP contribution is 2.69. The SMILES string of the molecule is CCOP(=O)(SCC)SCCS(=O)CC. The van der Waals surface area contributed by atoms with Crippen LogP contribution in [0.5, 0.6) is 0 Å². The first-order valence-electron chi connectivity index (χ1n) is 4.96. The summed E-state index contributed by atoms with van der Waals surface area (Å²) in [5.41, 5.74) is 0. The maximum Gasteiger partial charge on any atom is 0.313 e. The summed E-state index contributed by atoms with van der Waals surface area (Å²) in [4.78, 5) is 0. The van der Waals surface area contributed by atoms with E-state index in [0.29, 0.717) is 23.9 Å². The van der Waals surface area contributed by atoms with E-state index in [4.69, 9.17) is 4.52 Å². The molecule has 0 bridgehead atoms. The first-order valence-corrected chi connectivity index (χ1v) is 11.3. The van der Waals surface area contributed by atoms with E-state index < -0.39 is 16.6 Å². The zero-order valence-corrected chi connectivity index (χ0v) is 12.8. The molecule has 7 heteroatoms. The van der Waals surface area contributed by atoms with Gasteiger partial charge in [-0.3, -0.25) is 8.77 Å². The minimum Gasteiger partial charge on any atom is -0.314 e. The summed E-state index contributed by atoms with van der Waals surface area (Å²) in [6, 6.07) is 0. The van der Waals surface area contributed by atoms with E-state index in [0.717, 1.165) is 5.75 Å². The summed E-state index contributed by atoms with van der Waals surface area (Å²) in [6.07, 6.45) is 0. The lowest BCUT2D eigenvalue weighted by molar-refractivity contribution is 0.357. The van der Waals surface area contributed by atoms with Crippen molar-refractivity contribution in [2.75, 3.05) is 29.6 Å². The molecular formula is C8H19O3PS3. The molecule has 0 radical (unpaired) electrons. The summed E-state index contributed by atoms with van der Waals surface area (Å²) in [5, 5.41) is 0. The fourth-order valence-electron chi connectivity index (χ4n) is 0.814. The number of hydrogen-bond donors (Lipinski definition) is 0. The quantitative estimate of drug-likeness (QED) is 0.609. The summed E-state index contributed by atoms with van der Waals surface area (Å²) < 4.78 is 28.5. The lowest BCUT2D eigenvalue weighted by atomic mass is 10.9. The van der Waals surface area contributed by atoms with Gasteiger partial charge in [-0.05, 0) is 6.92 Å². The molecule has 92 valence electrons. The van der Waals surface area contributed by atoms with E-state index in [1.807, 2.05) is 20.8 Å². The molecule has 0 saturated heterocycles. The molecule has 0 aliphatic heterocycles. The Morgan fingerprint density at radius 2 is 1.93 bits per heavy atom. The molecule has 0 aliphatic carbocycles. The summed E-state index contributed by atoms with van der Waals surface area (Å²) in [5.74, 6) is 0.102. The van der Waals surface area contributed by atoms with Crippen LogP contribution in [0.2, 0.25) is 0 Å². The molecule has 2 atom stereocenters. The average molecular weight is 290 g/mol. The van der Waals surface area contributed by atoms with Crippen molar-refractivity contribution in [3.63, 3.8) is 0 Å². The van der Waals surface area contributed by atoms with Crippen molar-refractivity contribution < 1.29 is 13.3 Å². The number of rotatable bonds is 9. The lowest BCUT2D eigenvalue weighted by Crippen LogP contribution is -2.01. The van der Waals surface area contributed by atoms with Crippen LogP contribution in [0.3, 0.4) is 0 Å². The smallest absolute Gasteiger partial charge is 0.313 e. The molecule has 2 unspecified atom stereocenters. The molecule has 0 spiro atoms. The van der Waals surface area contributed by atoms with Gasteiger partial charge in [0.15, 0.2) is 0 Å². The lowest BCUT2D eigenvalue weighted by Gasteiger charge is -2.14. The van der Waals surface area contributed by atoms with Crippen molar-refractivity contribution in [1.82, 2.24) is 0 Å². The molecule has 0 N–H and O–H groups in total. The summed E-state index contributed by atoms with van der Waals surface area (Å²) in [6.45, 7) is 6.16. The van der Waals surface area contributed by atoms with Crippen molar-refractivity contribution >= 4 is 39.3 Å². The Hall–Kier alpha value is 1.04. The van der Waals surface area contributed by atoms with E-state index in [-0.39, 0.29) is 0 Å². The molecule has 15 heavy (non-hydrogen) atoms. The molecule has 0 aromatic carbocycles. The van der Waals surface area contributed by atoms with Crippen LogP contribution < -0.4 is 0 Å². The first-order chi connectivity index (χ1) is 7.08. The van der Waals surface area contributed by atoms with Crippen LogP contribution >= 0.6 is 28.5 Å². The summed E-state index contributed by atoms with van der Waals surface area (Å²) in [7, 11) is -0.776. The van der Waals surface area contributed by atoms with Gasteiger partial charge >= 0.3 is 5.77 Å². The van der Waals surface area contributed by atoms with Gasteiger partial charge in [-0.1, -0.05) is 36.6 Å². The van der Waals surface area contributed by atoms with Gasteiger partial charge in [0.25, 0.3) is 0 Å². The molecular weight excluding hydrogens is 271 g/mol. The van der Waals surface area contributed by atoms with E-state index >= 15 is 0 Å². The normalized spacial score (nSPS) is 17.3. The first kappa shape index (κ1) is 16.0. The standard InChI is InChI=1S/C8H19O3PS3/c1-4-11-12(9,13-5-2)14-7-8-15(10)6-3/h4-8H2,1-3H3. The van der Waals surface area contributed by atoms with Crippen molar-refractivity contribution in [2.45, 2.75) is 20.8 Å². The zero-order chi connectivity index (χ0) is 11.7. The molecule has 0 rings (SSSR count). The van der Waals surface area contributed by atoms with Gasteiger partial charge in [-0.15, -0.1) is 0 Å². The second-order valence-corrected chi connectivity index (χ2v) is 12.2. The Kier molecular flexibility index (Phi) is 9.74. The van der Waals surface area contributed by atoms with Gasteiger partial charge in [0.2, 0.25) is 0 Å². The fourth-order valence-corrected chi connectivity index (χ4v) is 9.11. The van der Waals surface area contributed by atoms with Gasteiger partial charge in [0, 0.05) is 33.8 Å². The molecule has 0 amide bonds. The Bertz CT molecular complexity index is 225. The van der Waals surface area contributed by atoms with Crippen LogP contribution in [0.1, 0.15) is 20.8 Å². The molecule has 0 aliphatic rings. The van der Waals surface area contributed by atoms with Crippen LogP contribution in [-0.2, 0) is 19.9 Å². The zero-order valence-electron chi connectivity index (χ0n) is 9.43. The van der Waals surface area contributed by atoms with Crippen LogP contribution in [-0.4, -0.2) is 33.8 Å². The van der Waals surface area contributed by atoms with Crippen LogP contribution in [0.15, 0.2) is 0 Å². The predicted octanol–water partition coefficient (Wildman–Crippen LogP) is 3.39. The maximum atomic E-state index is 12.1. The van der Waals surface area contributed by atoms with Crippen molar-refractivity contribution in [3.8, 4) is 0 Å². The van der Waals surface area contributed by atoms with Crippen molar-refractivity contribution in [2.24, 2.45) is 0 Å². The second kappa shape index (κ2) is 9.11. The van der Waals surface area contributed by atoms with E-state index in [1.54, 1.807) is 0 Å². The monoisotopic (exact) mass is 290 g/mol. The average Bonchev–Trinajstić information content (AvgIpc) is 2.18. The highest BCUT2D eigenvalue weighted by Gasteiger charge is 2.23. The third-order valence-electron chi connectivity index (χ3n) is 1.46. The van der Waals surface area contributed by atoms with E-state index in [2.05, 4.69) is 0 Å². The molecule has 0 fully saturated rings. The Morgan fingerprint density at radius 1 is 1.27 bits per heavy atom. The Morgan fingerprint density at radius 3 is 2.40 bits per heavy atom. The van der Waals surface area contributed by atoms with Gasteiger partial charge in [0.05, 0.1) is 6.61 Å². The third kappa shape index (κ3) is 7.86. The summed E-state index contributed by atoms with van der Waals surface area (Å²) >= 11 is 2.68. The van der Waals surface area contributed by atoms with Crippen molar-refractivity contribution in [3.05, 3.63) is 0 Å². The molecule has 0 aromatic heterocycles.